The lowest BCUT2D eigenvalue weighted by Gasteiger charge is -2.33. The Morgan fingerprint density at radius 1 is 1.31 bits per heavy atom. The first-order valence-corrected chi connectivity index (χ1v) is 8.30. The van der Waals surface area contributed by atoms with Crippen molar-refractivity contribution in [3.8, 4) is 0 Å². The van der Waals surface area contributed by atoms with Gasteiger partial charge in [0.15, 0.2) is 0 Å². The molecule has 3 heterocycles. The molecule has 1 aliphatic heterocycles. The number of hydrazine groups is 1. The number of anilines is 2. The normalized spacial score (nSPS) is 16.8. The molecule has 0 radical (unpaired) electrons. The van der Waals surface area contributed by atoms with E-state index in [9.17, 15) is 14.9 Å². The minimum Gasteiger partial charge on any atom is -0.348 e. The fraction of sp³-hybridized carbons (Fsp3) is 0.375. The number of carbonyl (C=O) groups excluding carboxylic acids is 1. The summed E-state index contributed by atoms with van der Waals surface area (Å²) in [5.74, 6) is -0.244. The van der Waals surface area contributed by atoms with Crippen molar-refractivity contribution in [2.24, 2.45) is 0 Å². The first kappa shape index (κ1) is 17.5. The Morgan fingerprint density at radius 2 is 2.08 bits per heavy atom. The summed E-state index contributed by atoms with van der Waals surface area (Å²) in [5, 5.41) is 11.6. The van der Waals surface area contributed by atoms with E-state index in [0.29, 0.717) is 12.1 Å². The Balaban J connectivity index is 1.84. The standard InChI is InChI=1S/C16H19N7O3/c1-11-4-2-3-9-22(11)15-13(23(25)26)14(18-10-19-15)20-21-16(24)12-5-7-17-8-6-12/h5-8,10-11H,2-4,9H2,1H3,(H,21,24)(H,18,19,20). The first-order valence-electron chi connectivity index (χ1n) is 8.30. The molecule has 2 aromatic heterocycles. The van der Waals surface area contributed by atoms with Crippen molar-refractivity contribution in [2.75, 3.05) is 16.9 Å². The molecule has 10 heteroatoms. The van der Waals surface area contributed by atoms with Gasteiger partial charge in [-0.1, -0.05) is 0 Å². The molecular formula is C16H19N7O3. The predicted molar refractivity (Wildman–Crippen MR) is 94.7 cm³/mol. The Hall–Kier alpha value is -3.30. The maximum atomic E-state index is 12.1. The number of carbonyl (C=O) groups is 1. The molecule has 1 aliphatic rings. The molecular weight excluding hydrogens is 338 g/mol. The van der Waals surface area contributed by atoms with E-state index >= 15 is 0 Å². The van der Waals surface area contributed by atoms with Crippen molar-refractivity contribution in [1.29, 1.82) is 0 Å². The van der Waals surface area contributed by atoms with Crippen molar-refractivity contribution in [3.05, 3.63) is 46.5 Å². The molecule has 1 unspecified atom stereocenters. The van der Waals surface area contributed by atoms with Gasteiger partial charge in [0.2, 0.25) is 11.6 Å². The van der Waals surface area contributed by atoms with E-state index < -0.39 is 10.8 Å². The van der Waals surface area contributed by atoms with Crippen LogP contribution < -0.4 is 15.8 Å². The number of piperidine rings is 1. The molecule has 3 rings (SSSR count). The largest absolute Gasteiger partial charge is 0.355 e. The van der Waals surface area contributed by atoms with E-state index in [0.717, 1.165) is 19.3 Å². The highest BCUT2D eigenvalue weighted by atomic mass is 16.6. The number of nitrogens with one attached hydrogen (secondary N) is 2. The van der Waals surface area contributed by atoms with Gasteiger partial charge in [0.05, 0.1) is 4.92 Å². The number of nitro groups is 1. The second kappa shape index (κ2) is 7.72. The van der Waals surface area contributed by atoms with E-state index in [1.807, 2.05) is 11.8 Å². The number of pyridine rings is 1. The summed E-state index contributed by atoms with van der Waals surface area (Å²) in [7, 11) is 0. The lowest BCUT2D eigenvalue weighted by molar-refractivity contribution is -0.383. The second-order valence-electron chi connectivity index (χ2n) is 6.00. The Bertz CT molecular complexity index is 800. The fourth-order valence-corrected chi connectivity index (χ4v) is 2.94. The zero-order valence-corrected chi connectivity index (χ0v) is 14.3. The van der Waals surface area contributed by atoms with E-state index in [1.54, 1.807) is 0 Å². The maximum absolute atomic E-state index is 12.1. The zero-order chi connectivity index (χ0) is 18.5. The van der Waals surface area contributed by atoms with Gasteiger partial charge in [-0.25, -0.2) is 9.97 Å². The fourth-order valence-electron chi connectivity index (χ4n) is 2.94. The molecule has 0 saturated carbocycles. The predicted octanol–water partition coefficient (Wildman–Crippen LogP) is 1.92. The third kappa shape index (κ3) is 3.68. The quantitative estimate of drug-likeness (QED) is 0.614. The molecule has 0 bridgehead atoms. The average molecular weight is 357 g/mol. The molecule has 1 amide bonds. The molecule has 0 spiro atoms. The molecule has 2 aromatic rings. The van der Waals surface area contributed by atoms with Crippen LogP contribution >= 0.6 is 0 Å². The number of amides is 1. The Labute approximate surface area is 149 Å². The molecule has 26 heavy (non-hydrogen) atoms. The second-order valence-corrected chi connectivity index (χ2v) is 6.00. The summed E-state index contributed by atoms with van der Waals surface area (Å²) in [5.41, 5.74) is 5.09. The zero-order valence-electron chi connectivity index (χ0n) is 14.3. The van der Waals surface area contributed by atoms with Crippen molar-refractivity contribution >= 4 is 23.2 Å². The summed E-state index contributed by atoms with van der Waals surface area (Å²) in [6.07, 6.45) is 7.21. The highest BCUT2D eigenvalue weighted by Crippen LogP contribution is 2.34. The Kier molecular flexibility index (Phi) is 5.20. The van der Waals surface area contributed by atoms with Crippen LogP contribution in [-0.4, -0.2) is 38.4 Å². The van der Waals surface area contributed by atoms with Crippen LogP contribution in [0.3, 0.4) is 0 Å². The summed E-state index contributed by atoms with van der Waals surface area (Å²) in [6.45, 7) is 2.71. The first-order chi connectivity index (χ1) is 12.6. The smallest absolute Gasteiger partial charge is 0.348 e. The van der Waals surface area contributed by atoms with Crippen LogP contribution in [0, 0.1) is 10.1 Å². The third-order valence-electron chi connectivity index (χ3n) is 4.30. The van der Waals surface area contributed by atoms with Crippen LogP contribution in [0.5, 0.6) is 0 Å². The third-order valence-corrected chi connectivity index (χ3v) is 4.30. The van der Waals surface area contributed by atoms with Gasteiger partial charge in [-0.05, 0) is 38.3 Å². The average Bonchev–Trinajstić information content (AvgIpc) is 2.66. The van der Waals surface area contributed by atoms with Gasteiger partial charge in [0.1, 0.15) is 6.33 Å². The molecule has 0 aromatic carbocycles. The van der Waals surface area contributed by atoms with Crippen molar-refractivity contribution in [2.45, 2.75) is 32.2 Å². The van der Waals surface area contributed by atoms with Crippen molar-refractivity contribution in [3.63, 3.8) is 0 Å². The van der Waals surface area contributed by atoms with Gasteiger partial charge in [0, 0.05) is 30.5 Å². The molecule has 10 nitrogen and oxygen atoms in total. The number of hydrogen-bond acceptors (Lipinski definition) is 8. The minimum atomic E-state index is -0.530. The van der Waals surface area contributed by atoms with Crippen LogP contribution in [0.25, 0.3) is 0 Å². The lowest BCUT2D eigenvalue weighted by Crippen LogP contribution is -2.38. The summed E-state index contributed by atoms with van der Waals surface area (Å²) < 4.78 is 0. The monoisotopic (exact) mass is 357 g/mol. The molecule has 136 valence electrons. The number of aromatic nitrogens is 3. The molecule has 0 aliphatic carbocycles. The molecule has 1 fully saturated rings. The van der Waals surface area contributed by atoms with Crippen LogP contribution in [0.4, 0.5) is 17.3 Å². The summed E-state index contributed by atoms with van der Waals surface area (Å²) in [6, 6.07) is 3.22. The van der Waals surface area contributed by atoms with Crippen LogP contribution in [0.1, 0.15) is 36.5 Å². The van der Waals surface area contributed by atoms with E-state index in [-0.39, 0.29) is 23.4 Å². The van der Waals surface area contributed by atoms with Crippen LogP contribution in [0.15, 0.2) is 30.9 Å². The highest BCUT2D eigenvalue weighted by molar-refractivity contribution is 5.94. The summed E-state index contributed by atoms with van der Waals surface area (Å²) >= 11 is 0. The molecule has 1 saturated heterocycles. The van der Waals surface area contributed by atoms with Gasteiger partial charge < -0.3 is 4.90 Å². The van der Waals surface area contributed by atoms with Gasteiger partial charge in [-0.15, -0.1) is 0 Å². The van der Waals surface area contributed by atoms with Crippen LogP contribution in [-0.2, 0) is 0 Å². The van der Waals surface area contributed by atoms with Gasteiger partial charge in [0.25, 0.3) is 5.91 Å². The van der Waals surface area contributed by atoms with Gasteiger partial charge >= 0.3 is 5.69 Å². The van der Waals surface area contributed by atoms with Crippen LogP contribution in [0.2, 0.25) is 0 Å². The van der Waals surface area contributed by atoms with E-state index in [4.69, 9.17) is 0 Å². The number of hydrogen-bond donors (Lipinski definition) is 2. The van der Waals surface area contributed by atoms with E-state index in [2.05, 4.69) is 25.8 Å². The number of nitrogens with zero attached hydrogens (tertiary/aromatic N) is 5. The number of rotatable bonds is 5. The van der Waals surface area contributed by atoms with Gasteiger partial charge in [-0.2, -0.15) is 0 Å². The van der Waals surface area contributed by atoms with E-state index in [1.165, 1.54) is 30.9 Å². The van der Waals surface area contributed by atoms with Crippen molar-refractivity contribution in [1.82, 2.24) is 20.4 Å². The maximum Gasteiger partial charge on any atom is 0.355 e. The van der Waals surface area contributed by atoms with Crippen molar-refractivity contribution < 1.29 is 9.72 Å². The molecule has 2 N–H and O–H groups in total. The minimum absolute atomic E-state index is 0.0554. The topological polar surface area (TPSA) is 126 Å². The Morgan fingerprint density at radius 3 is 2.77 bits per heavy atom. The molecule has 1 atom stereocenters. The summed E-state index contributed by atoms with van der Waals surface area (Å²) in [4.78, 5) is 37.0. The lowest BCUT2D eigenvalue weighted by atomic mass is 10.0. The highest BCUT2D eigenvalue weighted by Gasteiger charge is 2.30. The van der Waals surface area contributed by atoms with Gasteiger partial charge in [-0.3, -0.25) is 30.7 Å². The SMILES string of the molecule is CC1CCCCN1c1ncnc(NNC(=O)c2ccncc2)c1[N+](=O)[O-].